The lowest BCUT2D eigenvalue weighted by atomic mass is 9.97. The summed E-state index contributed by atoms with van der Waals surface area (Å²) in [6.07, 6.45) is 1.10. The summed E-state index contributed by atoms with van der Waals surface area (Å²) in [5.74, 6) is 0.499. The number of nitrogens with zero attached hydrogens (tertiary/aromatic N) is 4. The smallest absolute Gasteiger partial charge is 0.323 e. The van der Waals surface area contributed by atoms with E-state index >= 15 is 0 Å². The number of anilines is 1. The molecule has 13 heteroatoms. The number of nitrogen functional groups attached to an aromatic ring is 1. The van der Waals surface area contributed by atoms with Gasteiger partial charge in [-0.25, -0.2) is 9.97 Å². The maximum atomic E-state index is 11.9. The second-order valence-electron chi connectivity index (χ2n) is 9.17. The van der Waals surface area contributed by atoms with Gasteiger partial charge in [0, 0.05) is 27.3 Å². The number of nitrogens with two attached hydrogens (primary N) is 3. The lowest BCUT2D eigenvalue weighted by molar-refractivity contribution is -0.146. The minimum atomic E-state index is -0.712. The third-order valence-corrected chi connectivity index (χ3v) is 8.38. The van der Waals surface area contributed by atoms with Crippen LogP contribution in [0.25, 0.3) is 21.7 Å². The molecule has 4 rings (SSSR count). The van der Waals surface area contributed by atoms with E-state index in [9.17, 15) is 15.3 Å². The fraction of sp³-hybridized carbons (Fsp3) is 0.233. The first-order valence-electron chi connectivity index (χ1n) is 13.2. The van der Waals surface area contributed by atoms with E-state index in [1.54, 1.807) is 24.3 Å². The number of hydrogen-bond acceptors (Lipinski definition) is 12. The number of benzene rings is 2. The third-order valence-electron chi connectivity index (χ3n) is 6.18. The van der Waals surface area contributed by atoms with Crippen LogP contribution in [0.5, 0.6) is 5.75 Å². The van der Waals surface area contributed by atoms with Crippen LogP contribution in [-0.4, -0.2) is 41.7 Å². The third kappa shape index (κ3) is 8.23. The van der Waals surface area contributed by atoms with Gasteiger partial charge < -0.3 is 26.7 Å². The molecule has 2 aromatic carbocycles. The summed E-state index contributed by atoms with van der Waals surface area (Å²) in [4.78, 5) is 21.0. The summed E-state index contributed by atoms with van der Waals surface area (Å²) in [5, 5.41) is 23.8. The van der Waals surface area contributed by atoms with E-state index in [0.717, 1.165) is 16.3 Å². The van der Waals surface area contributed by atoms with Crippen LogP contribution < -0.4 is 21.9 Å². The van der Waals surface area contributed by atoms with E-state index in [2.05, 4.69) is 17.1 Å². The Labute approximate surface area is 262 Å². The van der Waals surface area contributed by atoms with Gasteiger partial charge >= 0.3 is 5.97 Å². The molecule has 10 nitrogen and oxygen atoms in total. The van der Waals surface area contributed by atoms with Crippen molar-refractivity contribution < 1.29 is 14.3 Å². The molecule has 4 aromatic rings. The first-order valence-corrected chi connectivity index (χ1v) is 15.4. The van der Waals surface area contributed by atoms with Crippen LogP contribution in [0.15, 0.2) is 58.9 Å². The van der Waals surface area contributed by atoms with E-state index in [1.807, 2.05) is 29.6 Å². The highest BCUT2D eigenvalue weighted by Gasteiger charge is 2.21. The van der Waals surface area contributed by atoms with Crippen molar-refractivity contribution in [3.05, 3.63) is 75.8 Å². The van der Waals surface area contributed by atoms with Crippen molar-refractivity contribution in [2.24, 2.45) is 11.5 Å². The predicted octanol–water partition coefficient (Wildman–Crippen LogP) is 5.13. The molecule has 0 bridgehead atoms. The van der Waals surface area contributed by atoms with E-state index in [0.29, 0.717) is 52.1 Å². The van der Waals surface area contributed by atoms with Crippen LogP contribution in [0.3, 0.4) is 0 Å². The molecule has 0 amide bonds. The Kier molecular flexibility index (Phi) is 11.3. The average molecular weight is 634 g/mol. The summed E-state index contributed by atoms with van der Waals surface area (Å²) >= 11 is 8.83. The number of thiazole rings is 1. The van der Waals surface area contributed by atoms with Crippen molar-refractivity contribution in [1.29, 1.82) is 10.5 Å². The molecule has 43 heavy (non-hydrogen) atoms. The molecule has 2 heterocycles. The zero-order chi connectivity index (χ0) is 30.8. The number of esters is 1. The minimum absolute atomic E-state index is 0.0333. The topological polar surface area (TPSA) is 187 Å². The highest BCUT2D eigenvalue weighted by Crippen LogP contribution is 2.37. The number of thioether (sulfide) groups is 1. The highest BCUT2D eigenvalue weighted by molar-refractivity contribution is 7.98. The Morgan fingerprint density at radius 1 is 1.02 bits per heavy atom. The number of ether oxygens (including phenoxy) is 2. The second kappa shape index (κ2) is 15.3. The number of hydrogen-bond donors (Lipinski definition) is 3. The molecule has 0 radical (unpaired) electrons. The zero-order valence-electron chi connectivity index (χ0n) is 23.0. The molecule has 0 fully saturated rings. The standard InChI is InChI=1S/C30H28ClN7O3S2/c31-20-7-3-19(4-8-20)28-37-21(16-42-28)17-43-29-24(15-34)26(23(14-33)27(36)38-29)18-5-9-22(10-6-18)40-12-13-41-30(39)25(35)2-1-11-32/h3-10,16,25H,1-2,11-13,17,32,35H2,(H2,36,38). The molecule has 2 aromatic heterocycles. The van der Waals surface area contributed by atoms with Gasteiger partial charge in [-0.2, -0.15) is 10.5 Å². The number of pyridine rings is 1. The van der Waals surface area contributed by atoms with Gasteiger partial charge in [0.2, 0.25) is 0 Å². The summed E-state index contributed by atoms with van der Waals surface area (Å²) < 4.78 is 10.8. The van der Waals surface area contributed by atoms with Gasteiger partial charge in [0.05, 0.1) is 11.3 Å². The van der Waals surface area contributed by atoms with E-state index in [4.69, 9.17) is 43.3 Å². The van der Waals surface area contributed by atoms with Crippen LogP contribution in [0.1, 0.15) is 29.7 Å². The SMILES string of the molecule is N#Cc1c(N)nc(SCc2csc(-c3ccc(Cl)cc3)n2)c(C#N)c1-c1ccc(OCCOC(=O)C(N)CCCN)cc1. The molecular weight excluding hydrogens is 606 g/mol. The average Bonchev–Trinajstić information content (AvgIpc) is 3.50. The Hall–Kier alpha value is -4.17. The molecule has 6 N–H and O–H groups in total. The van der Waals surface area contributed by atoms with Gasteiger partial charge in [-0.3, -0.25) is 4.79 Å². The number of aromatic nitrogens is 2. The predicted molar refractivity (Wildman–Crippen MR) is 168 cm³/mol. The lowest BCUT2D eigenvalue weighted by Crippen LogP contribution is -2.33. The number of carbonyl (C=O) groups excluding carboxylic acids is 1. The van der Waals surface area contributed by atoms with E-state index in [-0.39, 0.29) is 30.2 Å². The monoisotopic (exact) mass is 633 g/mol. The summed E-state index contributed by atoms with van der Waals surface area (Å²) in [5.41, 5.74) is 20.5. The van der Waals surface area contributed by atoms with Crippen molar-refractivity contribution in [3.63, 3.8) is 0 Å². The van der Waals surface area contributed by atoms with Crippen molar-refractivity contribution in [2.75, 3.05) is 25.5 Å². The molecule has 0 aliphatic heterocycles. The maximum absolute atomic E-state index is 11.9. The van der Waals surface area contributed by atoms with Gasteiger partial charge in [0.1, 0.15) is 58.6 Å². The van der Waals surface area contributed by atoms with E-state index in [1.165, 1.54) is 23.1 Å². The Bertz CT molecular complexity index is 1650. The Morgan fingerprint density at radius 2 is 1.72 bits per heavy atom. The summed E-state index contributed by atoms with van der Waals surface area (Å²) in [6.45, 7) is 0.619. The molecule has 0 aliphatic carbocycles. The van der Waals surface area contributed by atoms with Crippen LogP contribution in [0, 0.1) is 22.7 Å². The van der Waals surface area contributed by atoms with Gasteiger partial charge in [0.25, 0.3) is 0 Å². The van der Waals surface area contributed by atoms with Crippen LogP contribution in [0.4, 0.5) is 5.82 Å². The molecule has 0 saturated heterocycles. The fourth-order valence-corrected chi connectivity index (χ4v) is 5.96. The van der Waals surface area contributed by atoms with Gasteiger partial charge in [-0.1, -0.05) is 47.6 Å². The Balaban J connectivity index is 1.45. The molecule has 220 valence electrons. The second-order valence-corrected chi connectivity index (χ2v) is 11.4. The summed E-state index contributed by atoms with van der Waals surface area (Å²) in [6, 6.07) is 17.9. The quantitative estimate of drug-likeness (QED) is 0.101. The van der Waals surface area contributed by atoms with Crippen molar-refractivity contribution in [2.45, 2.75) is 29.7 Å². The number of halogens is 1. The molecule has 1 unspecified atom stereocenters. The first-order chi connectivity index (χ1) is 20.8. The highest BCUT2D eigenvalue weighted by atomic mass is 35.5. The normalized spacial score (nSPS) is 11.4. The summed E-state index contributed by atoms with van der Waals surface area (Å²) in [7, 11) is 0. The van der Waals surface area contributed by atoms with Gasteiger partial charge in [-0.05, 0) is 49.2 Å². The van der Waals surface area contributed by atoms with Crippen LogP contribution in [-0.2, 0) is 15.3 Å². The molecule has 0 spiro atoms. The number of carbonyl (C=O) groups is 1. The molecule has 0 aliphatic rings. The van der Waals surface area contributed by atoms with Crippen LogP contribution >= 0.6 is 34.7 Å². The molecular formula is C30H28ClN7O3S2. The largest absolute Gasteiger partial charge is 0.490 e. The van der Waals surface area contributed by atoms with Crippen molar-refractivity contribution in [1.82, 2.24) is 9.97 Å². The number of nitriles is 2. The van der Waals surface area contributed by atoms with Crippen molar-refractivity contribution in [3.8, 4) is 39.6 Å². The Morgan fingerprint density at radius 3 is 2.40 bits per heavy atom. The van der Waals surface area contributed by atoms with Crippen molar-refractivity contribution >= 4 is 46.5 Å². The molecule has 0 saturated carbocycles. The fourth-order valence-electron chi connectivity index (χ4n) is 4.01. The maximum Gasteiger partial charge on any atom is 0.323 e. The van der Waals surface area contributed by atoms with Gasteiger partial charge in [-0.15, -0.1) is 11.3 Å². The lowest BCUT2D eigenvalue weighted by Gasteiger charge is -2.14. The number of rotatable bonds is 13. The molecule has 1 atom stereocenters. The minimum Gasteiger partial charge on any atom is -0.490 e. The van der Waals surface area contributed by atoms with E-state index < -0.39 is 12.0 Å². The first kappa shape index (κ1) is 31.8. The van der Waals surface area contributed by atoms with Crippen LogP contribution in [0.2, 0.25) is 5.02 Å². The van der Waals surface area contributed by atoms with Gasteiger partial charge in [0.15, 0.2) is 0 Å². The zero-order valence-corrected chi connectivity index (χ0v) is 25.3.